The minimum absolute atomic E-state index is 0.294. The molecule has 0 bridgehead atoms. The van der Waals surface area contributed by atoms with Gasteiger partial charge in [-0.3, -0.25) is 4.99 Å². The fourth-order valence-electron chi connectivity index (χ4n) is 1.12. The second kappa shape index (κ2) is 1.83. The lowest BCUT2D eigenvalue weighted by atomic mass is 10.0. The summed E-state index contributed by atoms with van der Waals surface area (Å²) in [6.07, 6.45) is 4.98. The molecule has 0 aromatic heterocycles. The van der Waals surface area contributed by atoms with Crippen LogP contribution >= 0.6 is 0 Å². The Morgan fingerprint density at radius 2 is 2.56 bits per heavy atom. The van der Waals surface area contributed by atoms with Crippen LogP contribution in [0.2, 0.25) is 0 Å². The quantitative estimate of drug-likeness (QED) is 0.462. The van der Waals surface area contributed by atoms with Crippen molar-refractivity contribution in [3.63, 3.8) is 0 Å². The van der Waals surface area contributed by atoms with E-state index >= 15 is 0 Å². The van der Waals surface area contributed by atoms with E-state index in [2.05, 4.69) is 10.1 Å². The molecule has 48 valence electrons. The molecule has 0 aromatic rings. The second-order valence-electron chi connectivity index (χ2n) is 2.35. The summed E-state index contributed by atoms with van der Waals surface area (Å²) >= 11 is 0. The van der Waals surface area contributed by atoms with E-state index in [9.17, 15) is 0 Å². The van der Waals surface area contributed by atoms with Gasteiger partial charge >= 0.3 is 0 Å². The standard InChI is InChI=1S/C6H8N2O/c1-2-7-3-5-4-8-9-6(1)5/h2,4-6H,1,3H2. The largest absolute Gasteiger partial charge is 0.392 e. The average Bonchev–Trinajstić information content (AvgIpc) is 2.33. The van der Waals surface area contributed by atoms with Gasteiger partial charge in [0.05, 0.1) is 18.7 Å². The first-order valence-corrected chi connectivity index (χ1v) is 3.14. The summed E-state index contributed by atoms with van der Waals surface area (Å²) in [6.45, 7) is 0.855. The Labute approximate surface area is 53.4 Å². The van der Waals surface area contributed by atoms with Crippen LogP contribution in [0.4, 0.5) is 0 Å². The van der Waals surface area contributed by atoms with Gasteiger partial charge < -0.3 is 4.84 Å². The highest BCUT2D eigenvalue weighted by Crippen LogP contribution is 2.18. The number of hydrogen-bond donors (Lipinski definition) is 0. The predicted molar refractivity (Wildman–Crippen MR) is 34.8 cm³/mol. The Balaban J connectivity index is 2.13. The van der Waals surface area contributed by atoms with E-state index in [-0.39, 0.29) is 0 Å². The van der Waals surface area contributed by atoms with Crippen molar-refractivity contribution in [3.8, 4) is 0 Å². The molecule has 2 atom stereocenters. The third kappa shape index (κ3) is 0.724. The zero-order valence-electron chi connectivity index (χ0n) is 5.03. The van der Waals surface area contributed by atoms with Crippen LogP contribution < -0.4 is 0 Å². The molecule has 0 fully saturated rings. The van der Waals surface area contributed by atoms with Crippen LogP contribution in [0.5, 0.6) is 0 Å². The zero-order chi connectivity index (χ0) is 6.10. The molecule has 0 N–H and O–H groups in total. The lowest BCUT2D eigenvalue weighted by Crippen LogP contribution is -2.24. The van der Waals surface area contributed by atoms with Crippen molar-refractivity contribution in [2.24, 2.45) is 16.1 Å². The van der Waals surface area contributed by atoms with Gasteiger partial charge in [0.15, 0.2) is 0 Å². The molecule has 2 aliphatic rings. The van der Waals surface area contributed by atoms with Crippen molar-refractivity contribution in [1.29, 1.82) is 0 Å². The molecule has 3 heteroatoms. The summed E-state index contributed by atoms with van der Waals surface area (Å²) in [5, 5.41) is 3.72. The molecule has 0 saturated carbocycles. The van der Waals surface area contributed by atoms with Crippen molar-refractivity contribution in [2.75, 3.05) is 6.54 Å². The fourth-order valence-corrected chi connectivity index (χ4v) is 1.12. The maximum atomic E-state index is 5.04. The van der Waals surface area contributed by atoms with Crippen molar-refractivity contribution in [2.45, 2.75) is 12.5 Å². The maximum absolute atomic E-state index is 5.04. The third-order valence-electron chi connectivity index (χ3n) is 1.71. The Hall–Kier alpha value is -0.860. The average molecular weight is 124 g/mol. The molecular weight excluding hydrogens is 116 g/mol. The number of rotatable bonds is 0. The SMILES string of the molecule is C1=NCC2C=NOC2C1. The van der Waals surface area contributed by atoms with Gasteiger partial charge in [0, 0.05) is 12.6 Å². The van der Waals surface area contributed by atoms with Gasteiger partial charge in [-0.15, -0.1) is 0 Å². The van der Waals surface area contributed by atoms with E-state index in [1.54, 1.807) is 0 Å². The van der Waals surface area contributed by atoms with E-state index in [1.165, 1.54) is 0 Å². The fraction of sp³-hybridized carbons (Fsp3) is 0.667. The summed E-state index contributed by atoms with van der Waals surface area (Å²) in [7, 11) is 0. The molecule has 0 radical (unpaired) electrons. The molecule has 0 saturated heterocycles. The van der Waals surface area contributed by atoms with Crippen LogP contribution in [0, 0.1) is 5.92 Å². The minimum atomic E-state index is 0.294. The summed E-state index contributed by atoms with van der Waals surface area (Å²) in [5.41, 5.74) is 0. The van der Waals surface area contributed by atoms with Gasteiger partial charge in [-0.25, -0.2) is 0 Å². The van der Waals surface area contributed by atoms with Crippen LogP contribution in [-0.2, 0) is 4.84 Å². The molecule has 2 rings (SSSR count). The van der Waals surface area contributed by atoms with Crippen LogP contribution in [0.1, 0.15) is 6.42 Å². The van der Waals surface area contributed by atoms with Crippen LogP contribution in [0.15, 0.2) is 10.1 Å². The summed E-state index contributed by atoms with van der Waals surface area (Å²) in [6, 6.07) is 0. The van der Waals surface area contributed by atoms with Crippen LogP contribution in [0.3, 0.4) is 0 Å². The van der Waals surface area contributed by atoms with Crippen molar-refractivity contribution < 1.29 is 4.84 Å². The van der Waals surface area contributed by atoms with Crippen molar-refractivity contribution in [3.05, 3.63) is 0 Å². The summed E-state index contributed by atoms with van der Waals surface area (Å²) in [5.74, 6) is 0.454. The monoisotopic (exact) mass is 124 g/mol. The molecule has 3 nitrogen and oxygen atoms in total. The highest BCUT2D eigenvalue weighted by molar-refractivity contribution is 5.68. The third-order valence-corrected chi connectivity index (χ3v) is 1.71. The van der Waals surface area contributed by atoms with Gasteiger partial charge in [-0.05, 0) is 0 Å². The molecule has 0 amide bonds. The van der Waals surface area contributed by atoms with Gasteiger partial charge in [0.2, 0.25) is 0 Å². The first kappa shape index (κ1) is 4.97. The number of aliphatic imine (C=N–C) groups is 1. The molecule has 0 spiro atoms. The molecule has 2 aliphatic heterocycles. The molecule has 0 aromatic carbocycles. The Morgan fingerprint density at radius 3 is 3.44 bits per heavy atom. The maximum Gasteiger partial charge on any atom is 0.142 e. The van der Waals surface area contributed by atoms with Crippen molar-refractivity contribution >= 4 is 12.4 Å². The molecule has 2 heterocycles. The normalized spacial score (nSPS) is 38.2. The Bertz CT molecular complexity index is 164. The van der Waals surface area contributed by atoms with Crippen LogP contribution in [0.25, 0.3) is 0 Å². The molecular formula is C6H8N2O. The Morgan fingerprint density at radius 1 is 1.56 bits per heavy atom. The highest BCUT2D eigenvalue weighted by Gasteiger charge is 2.27. The van der Waals surface area contributed by atoms with Gasteiger partial charge in [-0.1, -0.05) is 5.16 Å². The van der Waals surface area contributed by atoms with Gasteiger partial charge in [0.25, 0.3) is 0 Å². The van der Waals surface area contributed by atoms with E-state index in [4.69, 9.17) is 4.84 Å². The second-order valence-corrected chi connectivity index (χ2v) is 2.35. The van der Waals surface area contributed by atoms with Crippen molar-refractivity contribution in [1.82, 2.24) is 0 Å². The van der Waals surface area contributed by atoms with Crippen LogP contribution in [-0.4, -0.2) is 25.1 Å². The first-order valence-electron chi connectivity index (χ1n) is 3.14. The minimum Gasteiger partial charge on any atom is -0.392 e. The van der Waals surface area contributed by atoms with E-state index in [1.807, 2.05) is 12.4 Å². The van der Waals surface area contributed by atoms with E-state index < -0.39 is 0 Å². The zero-order valence-corrected chi connectivity index (χ0v) is 5.03. The molecule has 2 unspecified atom stereocenters. The summed E-state index contributed by atoms with van der Waals surface area (Å²) < 4.78 is 0. The first-order chi connectivity index (χ1) is 4.47. The molecule has 0 aliphatic carbocycles. The lowest BCUT2D eigenvalue weighted by Gasteiger charge is -2.15. The summed E-state index contributed by atoms with van der Waals surface area (Å²) in [4.78, 5) is 9.16. The van der Waals surface area contributed by atoms with E-state index in [0.717, 1.165) is 13.0 Å². The van der Waals surface area contributed by atoms with Gasteiger partial charge in [-0.2, -0.15) is 0 Å². The number of nitrogens with zero attached hydrogens (tertiary/aromatic N) is 2. The highest BCUT2D eigenvalue weighted by atomic mass is 16.6. The topological polar surface area (TPSA) is 34.0 Å². The lowest BCUT2D eigenvalue weighted by molar-refractivity contribution is 0.0673. The number of oxime groups is 1. The number of fused-ring (bicyclic) bond motifs is 1. The van der Waals surface area contributed by atoms with E-state index in [0.29, 0.717) is 12.0 Å². The molecule has 9 heavy (non-hydrogen) atoms. The predicted octanol–water partition coefficient (Wildman–Crippen LogP) is 0.462. The smallest absolute Gasteiger partial charge is 0.142 e. The van der Waals surface area contributed by atoms with Gasteiger partial charge in [0.1, 0.15) is 6.10 Å². The number of hydrogen-bond acceptors (Lipinski definition) is 3. The Kier molecular flexibility index (Phi) is 1.01.